The smallest absolute Gasteiger partial charge is 0.262 e. The van der Waals surface area contributed by atoms with Gasteiger partial charge < -0.3 is 14.6 Å². The Bertz CT molecular complexity index is 952. The van der Waals surface area contributed by atoms with Gasteiger partial charge in [-0.1, -0.05) is 37.0 Å². The first-order valence-corrected chi connectivity index (χ1v) is 11.0. The van der Waals surface area contributed by atoms with E-state index in [0.717, 1.165) is 31.8 Å². The Morgan fingerprint density at radius 2 is 1.87 bits per heavy atom. The lowest BCUT2D eigenvalue weighted by Crippen LogP contribution is -2.48. The van der Waals surface area contributed by atoms with Crippen LogP contribution in [0, 0.1) is 5.92 Å². The Labute approximate surface area is 191 Å². The molecule has 2 N–H and O–H groups in total. The third kappa shape index (κ3) is 6.24. The molecule has 2 heterocycles. The van der Waals surface area contributed by atoms with Crippen molar-refractivity contribution in [2.24, 2.45) is 11.0 Å². The van der Waals surface area contributed by atoms with Gasteiger partial charge >= 0.3 is 0 Å². The SMILES string of the molecule is CC(C)C(NC(=O)c1ccc(Cl)cc1Cl)C(=O)N/N=C\c1ccc(N2CCCCC2)o1. The van der Waals surface area contributed by atoms with Gasteiger partial charge in [0.05, 0.1) is 16.8 Å². The van der Waals surface area contributed by atoms with E-state index in [2.05, 4.69) is 20.7 Å². The quantitative estimate of drug-likeness (QED) is 0.466. The average Bonchev–Trinajstić information content (AvgIpc) is 3.21. The molecule has 1 unspecified atom stereocenters. The second-order valence-corrected chi connectivity index (χ2v) is 8.62. The largest absolute Gasteiger partial charge is 0.440 e. The molecule has 2 amide bonds. The molecule has 31 heavy (non-hydrogen) atoms. The zero-order chi connectivity index (χ0) is 22.4. The van der Waals surface area contributed by atoms with Crippen molar-refractivity contribution in [3.8, 4) is 0 Å². The van der Waals surface area contributed by atoms with Gasteiger partial charge in [0, 0.05) is 24.2 Å². The number of furan rings is 1. The van der Waals surface area contributed by atoms with E-state index in [1.54, 1.807) is 6.07 Å². The number of rotatable bonds is 7. The fraction of sp³-hybridized carbons (Fsp3) is 0.409. The summed E-state index contributed by atoms with van der Waals surface area (Å²) < 4.78 is 5.79. The van der Waals surface area contributed by atoms with Gasteiger partial charge in [0.25, 0.3) is 11.8 Å². The van der Waals surface area contributed by atoms with Crippen molar-refractivity contribution >= 4 is 47.1 Å². The second kappa shape index (κ2) is 10.7. The van der Waals surface area contributed by atoms with E-state index in [0.29, 0.717) is 10.8 Å². The summed E-state index contributed by atoms with van der Waals surface area (Å²) >= 11 is 12.0. The molecule has 166 valence electrons. The first-order chi connectivity index (χ1) is 14.8. The van der Waals surface area contributed by atoms with Crippen LogP contribution in [0.1, 0.15) is 49.2 Å². The predicted octanol–water partition coefficient (Wildman–Crippen LogP) is 4.48. The molecule has 1 aliphatic heterocycles. The molecule has 0 spiro atoms. The van der Waals surface area contributed by atoms with Crippen LogP contribution in [-0.2, 0) is 4.79 Å². The summed E-state index contributed by atoms with van der Waals surface area (Å²) in [4.78, 5) is 27.4. The van der Waals surface area contributed by atoms with E-state index < -0.39 is 17.9 Å². The molecule has 0 aliphatic carbocycles. The van der Waals surface area contributed by atoms with Gasteiger partial charge in [0.2, 0.25) is 0 Å². The van der Waals surface area contributed by atoms with E-state index in [-0.39, 0.29) is 16.5 Å². The lowest BCUT2D eigenvalue weighted by atomic mass is 10.0. The third-order valence-corrected chi connectivity index (χ3v) is 5.61. The Morgan fingerprint density at radius 3 is 2.55 bits per heavy atom. The van der Waals surface area contributed by atoms with Crippen molar-refractivity contribution < 1.29 is 14.0 Å². The van der Waals surface area contributed by atoms with Crippen LogP contribution in [-0.4, -0.2) is 37.2 Å². The summed E-state index contributed by atoms with van der Waals surface area (Å²) in [5.74, 6) is 0.280. The highest BCUT2D eigenvalue weighted by molar-refractivity contribution is 6.36. The number of nitrogens with one attached hydrogen (secondary N) is 2. The van der Waals surface area contributed by atoms with Gasteiger partial charge in [-0.25, -0.2) is 5.43 Å². The highest BCUT2D eigenvalue weighted by atomic mass is 35.5. The fourth-order valence-electron chi connectivity index (χ4n) is 3.35. The van der Waals surface area contributed by atoms with Crippen LogP contribution < -0.4 is 15.6 Å². The zero-order valence-corrected chi connectivity index (χ0v) is 19.0. The topological polar surface area (TPSA) is 86.9 Å². The van der Waals surface area contributed by atoms with E-state index in [9.17, 15) is 9.59 Å². The minimum absolute atomic E-state index is 0.167. The summed E-state index contributed by atoms with van der Waals surface area (Å²) in [6, 6.07) is 7.49. The van der Waals surface area contributed by atoms with Crippen LogP contribution in [0.5, 0.6) is 0 Å². The van der Waals surface area contributed by atoms with Crippen LogP contribution in [0.15, 0.2) is 39.9 Å². The van der Waals surface area contributed by atoms with Crippen LogP contribution in [0.2, 0.25) is 10.0 Å². The van der Waals surface area contributed by atoms with Gasteiger partial charge in [0.15, 0.2) is 5.88 Å². The van der Waals surface area contributed by atoms with E-state index >= 15 is 0 Å². The summed E-state index contributed by atoms with van der Waals surface area (Å²) in [5, 5.41) is 7.33. The van der Waals surface area contributed by atoms with Crippen molar-refractivity contribution in [3.05, 3.63) is 51.7 Å². The Kier molecular flexibility index (Phi) is 7.98. The van der Waals surface area contributed by atoms with Crippen LogP contribution in [0.4, 0.5) is 5.88 Å². The molecule has 1 atom stereocenters. The molecule has 3 rings (SSSR count). The van der Waals surface area contributed by atoms with Gasteiger partial charge in [-0.05, 0) is 49.4 Å². The first-order valence-electron chi connectivity index (χ1n) is 10.3. The number of hydrogen-bond acceptors (Lipinski definition) is 5. The molecular weight excluding hydrogens is 439 g/mol. The van der Waals surface area contributed by atoms with E-state index in [1.807, 2.05) is 26.0 Å². The monoisotopic (exact) mass is 464 g/mol. The van der Waals surface area contributed by atoms with Gasteiger partial charge in [0.1, 0.15) is 11.8 Å². The molecule has 1 aromatic heterocycles. The van der Waals surface area contributed by atoms with Crippen molar-refractivity contribution in [2.45, 2.75) is 39.2 Å². The highest BCUT2D eigenvalue weighted by Crippen LogP contribution is 2.22. The Hall–Kier alpha value is -2.51. The summed E-state index contributed by atoms with van der Waals surface area (Å²) in [5.41, 5.74) is 2.71. The van der Waals surface area contributed by atoms with Crippen LogP contribution in [0.25, 0.3) is 0 Å². The van der Waals surface area contributed by atoms with Crippen molar-refractivity contribution in [2.75, 3.05) is 18.0 Å². The van der Waals surface area contributed by atoms with Crippen molar-refractivity contribution in [1.82, 2.24) is 10.7 Å². The summed E-state index contributed by atoms with van der Waals surface area (Å²) in [7, 11) is 0. The number of halogens is 2. The number of hydrazone groups is 1. The average molecular weight is 465 g/mol. The van der Waals surface area contributed by atoms with Crippen molar-refractivity contribution in [3.63, 3.8) is 0 Å². The Balaban J connectivity index is 1.59. The minimum Gasteiger partial charge on any atom is -0.440 e. The third-order valence-electron chi connectivity index (χ3n) is 5.06. The molecule has 1 saturated heterocycles. The first kappa shape index (κ1) is 23.2. The standard InChI is InChI=1S/C22H26Cl2N4O3/c1-14(2)20(26-21(29)17-8-6-15(23)12-18(17)24)22(30)27-25-13-16-7-9-19(31-16)28-10-4-3-5-11-28/h6-9,12-14,20H,3-5,10-11H2,1-2H3,(H,26,29)(H,27,30)/b25-13-. The number of carbonyl (C=O) groups excluding carboxylic acids is 2. The van der Waals surface area contributed by atoms with Gasteiger partial charge in [-0.2, -0.15) is 5.10 Å². The fourth-order valence-corrected chi connectivity index (χ4v) is 3.85. The van der Waals surface area contributed by atoms with Crippen LogP contribution in [0.3, 0.4) is 0 Å². The maximum absolute atomic E-state index is 12.6. The number of piperidine rings is 1. The molecule has 0 bridgehead atoms. The number of nitrogens with zero attached hydrogens (tertiary/aromatic N) is 2. The van der Waals surface area contributed by atoms with Gasteiger partial charge in [-0.15, -0.1) is 0 Å². The second-order valence-electron chi connectivity index (χ2n) is 7.78. The summed E-state index contributed by atoms with van der Waals surface area (Å²) in [6.45, 7) is 5.62. The number of benzene rings is 1. The molecule has 1 aromatic carbocycles. The zero-order valence-electron chi connectivity index (χ0n) is 17.5. The van der Waals surface area contributed by atoms with E-state index in [4.69, 9.17) is 27.6 Å². The number of hydrogen-bond donors (Lipinski definition) is 2. The molecule has 1 fully saturated rings. The van der Waals surface area contributed by atoms with Crippen LogP contribution >= 0.6 is 23.2 Å². The minimum atomic E-state index is -0.795. The maximum atomic E-state index is 12.6. The molecular formula is C22H26Cl2N4O3. The molecule has 1 aliphatic rings. The highest BCUT2D eigenvalue weighted by Gasteiger charge is 2.25. The molecule has 2 aromatic rings. The number of amides is 2. The van der Waals surface area contributed by atoms with E-state index in [1.165, 1.54) is 24.8 Å². The lowest BCUT2D eigenvalue weighted by Gasteiger charge is -2.25. The van der Waals surface area contributed by atoms with Gasteiger partial charge in [-0.3, -0.25) is 9.59 Å². The normalized spacial score (nSPS) is 15.3. The lowest BCUT2D eigenvalue weighted by molar-refractivity contribution is -0.123. The number of carbonyl (C=O) groups is 2. The number of anilines is 1. The predicted molar refractivity (Wildman–Crippen MR) is 123 cm³/mol. The summed E-state index contributed by atoms with van der Waals surface area (Å²) in [6.07, 6.45) is 5.00. The Morgan fingerprint density at radius 1 is 1.13 bits per heavy atom. The molecule has 7 nitrogen and oxygen atoms in total. The molecule has 9 heteroatoms. The van der Waals surface area contributed by atoms with Crippen molar-refractivity contribution in [1.29, 1.82) is 0 Å². The maximum Gasteiger partial charge on any atom is 0.262 e. The molecule has 0 radical (unpaired) electrons. The molecule has 0 saturated carbocycles.